The molecule has 0 rings (SSSR count). The molecule has 0 unspecified atom stereocenters. The van der Waals surface area contributed by atoms with Gasteiger partial charge in [-0.25, -0.2) is 0 Å². The first-order valence-corrected chi connectivity index (χ1v) is 2.55. The van der Waals surface area contributed by atoms with Crippen molar-refractivity contribution in [3.05, 3.63) is 24.4 Å². The average Bonchev–Trinajstić information content (AvgIpc) is 1.66. The van der Waals surface area contributed by atoms with Crippen LogP contribution in [0, 0.1) is 0 Å². The highest BCUT2D eigenvalue weighted by atomic mass is 14.7. The second-order valence-electron chi connectivity index (χ2n) is 1.74. The molecule has 0 amide bonds. The second kappa shape index (κ2) is 4.31. The fourth-order valence-electron chi connectivity index (χ4n) is 0.253. The normalized spacial score (nSPS) is 9.25. The van der Waals surface area contributed by atoms with Crippen molar-refractivity contribution in [2.75, 3.05) is 0 Å². The molecule has 0 aromatic heterocycles. The molecule has 0 radical (unpaired) electrons. The summed E-state index contributed by atoms with van der Waals surface area (Å²) in [6.45, 7) is 7.48. The summed E-state index contributed by atoms with van der Waals surface area (Å²) < 4.78 is 0. The lowest BCUT2D eigenvalue weighted by Crippen LogP contribution is -1.61. The van der Waals surface area contributed by atoms with Gasteiger partial charge < -0.3 is 0 Å². The largest absolute Gasteiger partial charge is 0.265 e. The molecule has 0 aliphatic heterocycles. The minimum absolute atomic E-state index is 1.20. The van der Waals surface area contributed by atoms with Crippen LogP contribution in [0.5, 0.6) is 0 Å². The Bertz CT molecular complexity index is 116. The maximum atomic E-state index is 3.88. The van der Waals surface area contributed by atoms with Gasteiger partial charge >= 0.3 is 0 Å². The zero-order chi connectivity index (χ0) is 6.41. The predicted octanol–water partition coefficient (Wildman–Crippen LogP) is 2.17. The molecule has 0 saturated heterocycles. The maximum absolute atomic E-state index is 3.88. The van der Waals surface area contributed by atoms with E-state index in [1.807, 2.05) is 13.8 Å². The lowest BCUT2D eigenvalue weighted by molar-refractivity contribution is 1.34. The lowest BCUT2D eigenvalue weighted by atomic mass is 10.4. The summed E-state index contributed by atoms with van der Waals surface area (Å²) in [4.78, 5) is 3.88. The summed E-state index contributed by atoms with van der Waals surface area (Å²) in [5.74, 6) is 0. The van der Waals surface area contributed by atoms with Crippen molar-refractivity contribution in [2.24, 2.45) is 4.99 Å². The zero-order valence-corrected chi connectivity index (χ0v) is 5.39. The number of hydrogen-bond acceptors (Lipinski definition) is 1. The minimum atomic E-state index is 1.20. The highest BCUT2D eigenvalue weighted by molar-refractivity contribution is 5.70. The first-order chi connectivity index (χ1) is 3.77. The van der Waals surface area contributed by atoms with Crippen molar-refractivity contribution >= 4 is 6.21 Å². The van der Waals surface area contributed by atoms with Crippen molar-refractivity contribution in [1.29, 1.82) is 0 Å². The van der Waals surface area contributed by atoms with Crippen LogP contribution in [0.25, 0.3) is 0 Å². The van der Waals surface area contributed by atoms with E-state index in [9.17, 15) is 0 Å². The summed E-state index contributed by atoms with van der Waals surface area (Å²) in [5.41, 5.74) is 1.20. The van der Waals surface area contributed by atoms with Crippen LogP contribution in [0.3, 0.4) is 0 Å². The van der Waals surface area contributed by atoms with Crippen molar-refractivity contribution < 1.29 is 0 Å². The number of allylic oxidation sites excluding steroid dienone is 2. The molecule has 0 atom stereocenters. The average molecular weight is 109 g/mol. The monoisotopic (exact) mass is 109 g/mol. The Morgan fingerprint density at radius 2 is 2.12 bits per heavy atom. The molecule has 0 saturated carbocycles. The highest BCUT2D eigenvalue weighted by Crippen LogP contribution is 1.86. The van der Waals surface area contributed by atoms with Crippen LogP contribution in [-0.4, -0.2) is 6.21 Å². The van der Waals surface area contributed by atoms with Gasteiger partial charge in [0.25, 0.3) is 0 Å². The zero-order valence-electron chi connectivity index (χ0n) is 5.39. The van der Waals surface area contributed by atoms with Gasteiger partial charge in [-0.15, -0.1) is 0 Å². The molecule has 0 spiro atoms. The van der Waals surface area contributed by atoms with E-state index in [4.69, 9.17) is 0 Å². The third-order valence-electron chi connectivity index (χ3n) is 0.524. The van der Waals surface area contributed by atoms with Gasteiger partial charge in [-0.05, 0) is 13.8 Å². The summed E-state index contributed by atoms with van der Waals surface area (Å²) in [6, 6.07) is 0. The number of aliphatic imine (C=N–C) groups is 1. The molecule has 0 aliphatic rings. The quantitative estimate of drug-likeness (QED) is 0.482. The van der Waals surface area contributed by atoms with Crippen LogP contribution in [0.1, 0.15) is 13.8 Å². The van der Waals surface area contributed by atoms with Gasteiger partial charge in [0.1, 0.15) is 0 Å². The van der Waals surface area contributed by atoms with Crippen molar-refractivity contribution in [3.8, 4) is 0 Å². The smallest absolute Gasteiger partial charge is 0.0261 e. The van der Waals surface area contributed by atoms with E-state index in [1.54, 1.807) is 18.5 Å². The number of nitrogens with zero attached hydrogens (tertiary/aromatic N) is 1. The molecular formula is C7H11N. The van der Waals surface area contributed by atoms with Crippen LogP contribution in [-0.2, 0) is 0 Å². The van der Waals surface area contributed by atoms with Crippen molar-refractivity contribution in [2.45, 2.75) is 13.8 Å². The van der Waals surface area contributed by atoms with Gasteiger partial charge in [0.2, 0.25) is 0 Å². The van der Waals surface area contributed by atoms with Crippen LogP contribution < -0.4 is 0 Å². The Kier molecular flexibility index (Phi) is 3.85. The van der Waals surface area contributed by atoms with Gasteiger partial charge in [-0.2, -0.15) is 0 Å². The molecule has 0 aromatic carbocycles. The van der Waals surface area contributed by atoms with Gasteiger partial charge in [-0.1, -0.05) is 18.2 Å². The Labute approximate surface area is 50.4 Å². The van der Waals surface area contributed by atoms with Crippen LogP contribution >= 0.6 is 0 Å². The molecule has 0 fully saturated rings. The SMILES string of the molecule is C=CC=NC=C(C)C. The molecule has 0 heterocycles. The first-order valence-electron chi connectivity index (χ1n) is 2.55. The van der Waals surface area contributed by atoms with Gasteiger partial charge in [0.15, 0.2) is 0 Å². The van der Waals surface area contributed by atoms with Crippen LogP contribution in [0.15, 0.2) is 29.4 Å². The molecular weight excluding hydrogens is 98.1 g/mol. The van der Waals surface area contributed by atoms with E-state index in [2.05, 4.69) is 11.6 Å². The molecule has 1 nitrogen and oxygen atoms in total. The molecule has 0 N–H and O–H groups in total. The summed E-state index contributed by atoms with van der Waals surface area (Å²) in [7, 11) is 0. The van der Waals surface area contributed by atoms with E-state index < -0.39 is 0 Å². The molecule has 1 heteroatoms. The van der Waals surface area contributed by atoms with Gasteiger partial charge in [0, 0.05) is 12.4 Å². The van der Waals surface area contributed by atoms with E-state index in [1.165, 1.54) is 5.57 Å². The van der Waals surface area contributed by atoms with Crippen molar-refractivity contribution in [3.63, 3.8) is 0 Å². The van der Waals surface area contributed by atoms with E-state index in [0.717, 1.165) is 0 Å². The van der Waals surface area contributed by atoms with Crippen molar-refractivity contribution in [1.82, 2.24) is 0 Å². The predicted molar refractivity (Wildman–Crippen MR) is 38.1 cm³/mol. The number of rotatable bonds is 2. The third-order valence-corrected chi connectivity index (χ3v) is 0.524. The Morgan fingerprint density at radius 1 is 1.50 bits per heavy atom. The Morgan fingerprint density at radius 3 is 2.50 bits per heavy atom. The van der Waals surface area contributed by atoms with Crippen LogP contribution in [0.2, 0.25) is 0 Å². The topological polar surface area (TPSA) is 12.4 Å². The summed E-state index contributed by atoms with van der Waals surface area (Å²) in [5, 5.41) is 0. The van der Waals surface area contributed by atoms with E-state index >= 15 is 0 Å². The Balaban J connectivity index is 3.57. The fourth-order valence-corrected chi connectivity index (χ4v) is 0.253. The summed E-state index contributed by atoms with van der Waals surface area (Å²) in [6.07, 6.45) is 5.11. The third kappa shape index (κ3) is 5.15. The van der Waals surface area contributed by atoms with E-state index in [-0.39, 0.29) is 0 Å². The number of hydrogen-bond donors (Lipinski definition) is 0. The molecule has 0 aromatic rings. The van der Waals surface area contributed by atoms with Gasteiger partial charge in [-0.3, -0.25) is 4.99 Å². The second-order valence-corrected chi connectivity index (χ2v) is 1.74. The standard InChI is InChI=1S/C7H11N/c1-4-5-8-6-7(2)3/h4-6H,1H2,2-3H3. The first kappa shape index (κ1) is 7.15. The van der Waals surface area contributed by atoms with Gasteiger partial charge in [0.05, 0.1) is 0 Å². The maximum Gasteiger partial charge on any atom is 0.0261 e. The fraction of sp³-hybridized carbons (Fsp3) is 0.286. The molecule has 8 heavy (non-hydrogen) atoms. The molecule has 0 aliphatic carbocycles. The Hall–Kier alpha value is -0.850. The van der Waals surface area contributed by atoms with Crippen LogP contribution in [0.4, 0.5) is 0 Å². The highest BCUT2D eigenvalue weighted by Gasteiger charge is 1.66. The summed E-state index contributed by atoms with van der Waals surface area (Å²) >= 11 is 0. The van der Waals surface area contributed by atoms with E-state index in [0.29, 0.717) is 0 Å². The molecule has 44 valence electrons. The minimum Gasteiger partial charge on any atom is -0.265 e. The molecule has 0 bridgehead atoms. The lowest BCUT2D eigenvalue weighted by Gasteiger charge is -1.78.